The van der Waals surface area contributed by atoms with Gasteiger partial charge in [0.2, 0.25) is 0 Å². The van der Waals surface area contributed by atoms with E-state index in [9.17, 15) is 10.1 Å². The van der Waals surface area contributed by atoms with Crippen LogP contribution >= 0.6 is 0 Å². The van der Waals surface area contributed by atoms with Crippen LogP contribution in [0.1, 0.15) is 25.3 Å². The number of nitro benzene ring substituents is 1. The second-order valence-corrected chi connectivity index (χ2v) is 5.50. The number of methoxy groups -OCH3 is 1. The summed E-state index contributed by atoms with van der Waals surface area (Å²) in [6, 6.07) is 5.17. The summed E-state index contributed by atoms with van der Waals surface area (Å²) in [6.07, 6.45) is 2.35. The predicted molar refractivity (Wildman–Crippen MR) is 80.4 cm³/mol. The highest BCUT2D eigenvalue weighted by Crippen LogP contribution is 2.39. The SMILES string of the molecule is COCCN(c1ccc(CO)cc1[N+](=O)[O-])C(C)C1CC1. The fourth-order valence-corrected chi connectivity index (χ4v) is 2.62. The van der Waals surface area contributed by atoms with Crippen LogP contribution in [-0.2, 0) is 11.3 Å². The molecule has 1 aromatic rings. The molecular weight excluding hydrogens is 272 g/mol. The van der Waals surface area contributed by atoms with E-state index < -0.39 is 0 Å². The quantitative estimate of drug-likeness (QED) is 0.588. The number of hydrogen-bond acceptors (Lipinski definition) is 5. The lowest BCUT2D eigenvalue weighted by Gasteiger charge is -2.31. The predicted octanol–water partition coefficient (Wildman–Crippen LogP) is 2.34. The molecule has 1 aliphatic carbocycles. The number of ether oxygens (including phenoxy) is 1. The summed E-state index contributed by atoms with van der Waals surface area (Å²) >= 11 is 0. The normalized spacial score (nSPS) is 15.8. The number of rotatable bonds is 8. The number of nitrogens with zero attached hydrogens (tertiary/aromatic N) is 2. The maximum atomic E-state index is 11.3. The molecule has 0 amide bonds. The van der Waals surface area contributed by atoms with Gasteiger partial charge in [-0.25, -0.2) is 0 Å². The van der Waals surface area contributed by atoms with Crippen LogP contribution < -0.4 is 4.90 Å². The summed E-state index contributed by atoms with van der Waals surface area (Å²) in [5.74, 6) is 0.596. The fraction of sp³-hybridized carbons (Fsp3) is 0.600. The van der Waals surface area contributed by atoms with Gasteiger partial charge in [0.15, 0.2) is 0 Å². The lowest BCUT2D eigenvalue weighted by molar-refractivity contribution is -0.384. The van der Waals surface area contributed by atoms with Gasteiger partial charge < -0.3 is 14.7 Å². The van der Waals surface area contributed by atoms with Crippen molar-refractivity contribution in [3.05, 3.63) is 33.9 Å². The maximum Gasteiger partial charge on any atom is 0.292 e. The lowest BCUT2D eigenvalue weighted by atomic mass is 10.1. The summed E-state index contributed by atoms with van der Waals surface area (Å²) < 4.78 is 5.14. The highest BCUT2D eigenvalue weighted by atomic mass is 16.6. The standard InChI is InChI=1S/C15H22N2O4/c1-11(13-4-5-13)16(7-8-21-2)14-6-3-12(10-18)9-15(14)17(19)20/h3,6,9,11,13,18H,4-5,7-8,10H2,1-2H3. The minimum Gasteiger partial charge on any atom is -0.392 e. The van der Waals surface area contributed by atoms with Gasteiger partial charge in [0, 0.05) is 25.8 Å². The summed E-state index contributed by atoms with van der Waals surface area (Å²) in [5.41, 5.74) is 1.20. The number of aliphatic hydroxyl groups is 1. The van der Waals surface area contributed by atoms with Gasteiger partial charge in [-0.05, 0) is 37.3 Å². The van der Waals surface area contributed by atoms with Crippen LogP contribution in [0.5, 0.6) is 0 Å². The van der Waals surface area contributed by atoms with E-state index in [2.05, 4.69) is 11.8 Å². The second-order valence-electron chi connectivity index (χ2n) is 5.50. The average Bonchev–Trinajstić information content (AvgIpc) is 3.32. The Labute approximate surface area is 124 Å². The Balaban J connectivity index is 2.35. The van der Waals surface area contributed by atoms with E-state index in [0.717, 1.165) is 0 Å². The van der Waals surface area contributed by atoms with E-state index >= 15 is 0 Å². The number of hydrogen-bond donors (Lipinski definition) is 1. The van der Waals surface area contributed by atoms with Crippen molar-refractivity contribution in [2.45, 2.75) is 32.4 Å². The molecule has 116 valence electrons. The van der Waals surface area contributed by atoms with Crippen LogP contribution in [0, 0.1) is 16.0 Å². The zero-order chi connectivity index (χ0) is 15.4. The van der Waals surface area contributed by atoms with Crippen LogP contribution in [0.2, 0.25) is 0 Å². The highest BCUT2D eigenvalue weighted by Gasteiger charge is 2.34. The molecule has 2 rings (SSSR count). The van der Waals surface area contributed by atoms with Gasteiger partial charge >= 0.3 is 0 Å². The van der Waals surface area contributed by atoms with Crippen molar-refractivity contribution >= 4 is 11.4 Å². The monoisotopic (exact) mass is 294 g/mol. The van der Waals surface area contributed by atoms with Crippen molar-refractivity contribution in [2.24, 2.45) is 5.92 Å². The third-order valence-electron chi connectivity index (χ3n) is 4.06. The molecule has 1 saturated carbocycles. The summed E-state index contributed by atoms with van der Waals surface area (Å²) in [7, 11) is 1.63. The molecule has 1 atom stereocenters. The Bertz CT molecular complexity index is 502. The molecule has 0 aromatic heterocycles. The first-order valence-corrected chi connectivity index (χ1v) is 7.22. The Morgan fingerprint density at radius 1 is 1.52 bits per heavy atom. The van der Waals surface area contributed by atoms with Gasteiger partial charge in [0.1, 0.15) is 5.69 Å². The van der Waals surface area contributed by atoms with Crippen LogP contribution in [0.4, 0.5) is 11.4 Å². The lowest BCUT2D eigenvalue weighted by Crippen LogP contribution is -2.37. The van der Waals surface area contributed by atoms with Crippen LogP contribution in [0.15, 0.2) is 18.2 Å². The fourth-order valence-electron chi connectivity index (χ4n) is 2.62. The molecule has 6 heteroatoms. The topological polar surface area (TPSA) is 75.8 Å². The van der Waals surface area contributed by atoms with Crippen molar-refractivity contribution in [1.82, 2.24) is 0 Å². The van der Waals surface area contributed by atoms with Gasteiger partial charge in [0.05, 0.1) is 18.1 Å². The molecule has 6 nitrogen and oxygen atoms in total. The number of benzene rings is 1. The van der Waals surface area contributed by atoms with E-state index in [1.54, 1.807) is 19.2 Å². The molecule has 0 aliphatic heterocycles. The molecule has 21 heavy (non-hydrogen) atoms. The molecule has 0 heterocycles. The summed E-state index contributed by atoms with van der Waals surface area (Å²) in [6.45, 7) is 3.05. The number of anilines is 1. The smallest absolute Gasteiger partial charge is 0.292 e. The molecule has 0 spiro atoms. The molecule has 0 bridgehead atoms. The Morgan fingerprint density at radius 2 is 2.24 bits per heavy atom. The van der Waals surface area contributed by atoms with Gasteiger partial charge in [-0.15, -0.1) is 0 Å². The third-order valence-corrected chi connectivity index (χ3v) is 4.06. The van der Waals surface area contributed by atoms with Crippen LogP contribution in [0.3, 0.4) is 0 Å². The third kappa shape index (κ3) is 3.71. The van der Waals surface area contributed by atoms with E-state index in [1.807, 2.05) is 0 Å². The first-order chi connectivity index (χ1) is 10.1. The van der Waals surface area contributed by atoms with E-state index in [0.29, 0.717) is 30.3 Å². The van der Waals surface area contributed by atoms with Crippen LogP contribution in [0.25, 0.3) is 0 Å². The highest BCUT2D eigenvalue weighted by molar-refractivity contribution is 5.65. The van der Waals surface area contributed by atoms with Gasteiger partial charge in [0.25, 0.3) is 5.69 Å². The zero-order valence-corrected chi connectivity index (χ0v) is 12.5. The minimum atomic E-state index is -0.381. The molecular formula is C15H22N2O4. The summed E-state index contributed by atoms with van der Waals surface area (Å²) in [5, 5.41) is 20.5. The van der Waals surface area contributed by atoms with Crippen molar-refractivity contribution in [3.63, 3.8) is 0 Å². The molecule has 1 unspecified atom stereocenters. The van der Waals surface area contributed by atoms with E-state index in [-0.39, 0.29) is 23.3 Å². The van der Waals surface area contributed by atoms with Gasteiger partial charge in [-0.3, -0.25) is 10.1 Å². The minimum absolute atomic E-state index is 0.0464. The molecule has 1 aliphatic rings. The molecule has 1 N–H and O–H groups in total. The summed E-state index contributed by atoms with van der Waals surface area (Å²) in [4.78, 5) is 13.0. The molecule has 0 saturated heterocycles. The van der Waals surface area contributed by atoms with Crippen molar-refractivity contribution in [2.75, 3.05) is 25.2 Å². The molecule has 0 radical (unpaired) electrons. The molecule has 1 aromatic carbocycles. The Hall–Kier alpha value is -1.66. The largest absolute Gasteiger partial charge is 0.392 e. The second kappa shape index (κ2) is 6.87. The Morgan fingerprint density at radius 3 is 2.76 bits per heavy atom. The maximum absolute atomic E-state index is 11.3. The van der Waals surface area contributed by atoms with Crippen molar-refractivity contribution in [1.29, 1.82) is 0 Å². The number of aliphatic hydroxyl groups excluding tert-OH is 1. The van der Waals surface area contributed by atoms with Crippen molar-refractivity contribution in [3.8, 4) is 0 Å². The average molecular weight is 294 g/mol. The Kier molecular flexibility index (Phi) is 5.14. The first kappa shape index (κ1) is 15.7. The van der Waals surface area contributed by atoms with Crippen LogP contribution in [-0.4, -0.2) is 36.3 Å². The van der Waals surface area contributed by atoms with Crippen molar-refractivity contribution < 1.29 is 14.8 Å². The van der Waals surface area contributed by atoms with Gasteiger partial charge in [-0.2, -0.15) is 0 Å². The first-order valence-electron chi connectivity index (χ1n) is 7.22. The van der Waals surface area contributed by atoms with E-state index in [4.69, 9.17) is 9.84 Å². The number of nitro groups is 1. The van der Waals surface area contributed by atoms with E-state index in [1.165, 1.54) is 18.9 Å². The zero-order valence-electron chi connectivity index (χ0n) is 12.5. The van der Waals surface area contributed by atoms with Gasteiger partial charge in [-0.1, -0.05) is 6.07 Å². The molecule has 1 fully saturated rings.